The van der Waals surface area contributed by atoms with Crippen molar-refractivity contribution in [1.29, 1.82) is 0 Å². The summed E-state index contributed by atoms with van der Waals surface area (Å²) >= 11 is 1.74. The number of rotatable bonds is 4. The van der Waals surface area contributed by atoms with Crippen LogP contribution in [0, 0.1) is 38.3 Å². The van der Waals surface area contributed by atoms with Crippen LogP contribution in [-0.2, 0) is 26.5 Å². The quantitative estimate of drug-likeness (QED) is 0.166. The van der Waals surface area contributed by atoms with Gasteiger partial charge in [0.1, 0.15) is 5.58 Å². The van der Waals surface area contributed by atoms with E-state index in [1.807, 2.05) is 49.5 Å². The van der Waals surface area contributed by atoms with Crippen LogP contribution in [0.2, 0.25) is 0 Å². The molecule has 0 saturated heterocycles. The number of aromatic nitrogens is 2. The van der Waals surface area contributed by atoms with Crippen molar-refractivity contribution in [3.63, 3.8) is 0 Å². The van der Waals surface area contributed by atoms with Gasteiger partial charge in [-0.05, 0) is 94.9 Å². The minimum Gasteiger partial charge on any atom is -0.500 e. The zero-order chi connectivity index (χ0) is 33.4. The molecule has 49 heavy (non-hydrogen) atoms. The Morgan fingerprint density at radius 2 is 1.49 bits per heavy atom. The first kappa shape index (κ1) is 34.5. The third kappa shape index (κ3) is 7.16. The molecule has 8 aromatic rings. The Balaban J connectivity index is 0.000000250. The van der Waals surface area contributed by atoms with Gasteiger partial charge in [-0.2, -0.15) is 0 Å². The maximum absolute atomic E-state index is 6.55. The van der Waals surface area contributed by atoms with Crippen molar-refractivity contribution in [1.82, 2.24) is 9.97 Å². The second kappa shape index (κ2) is 14.2. The Bertz CT molecular complexity index is 2360. The summed E-state index contributed by atoms with van der Waals surface area (Å²) in [6.45, 7) is 13.3. The Kier molecular flexibility index (Phi) is 9.99. The van der Waals surface area contributed by atoms with Crippen LogP contribution in [0.4, 0.5) is 0 Å². The van der Waals surface area contributed by atoms with E-state index in [-0.39, 0.29) is 25.5 Å². The fourth-order valence-electron chi connectivity index (χ4n) is 6.42. The molecule has 0 N–H and O–H groups in total. The van der Waals surface area contributed by atoms with Crippen molar-refractivity contribution < 1.29 is 24.5 Å². The van der Waals surface area contributed by atoms with Crippen LogP contribution in [0.3, 0.4) is 0 Å². The molecule has 0 amide bonds. The van der Waals surface area contributed by atoms with Crippen molar-refractivity contribution >= 4 is 43.4 Å². The van der Waals surface area contributed by atoms with Gasteiger partial charge < -0.3 is 14.4 Å². The fourth-order valence-corrected chi connectivity index (χ4v) is 7.20. The molecule has 4 aromatic heterocycles. The molecule has 0 fully saturated rings. The van der Waals surface area contributed by atoms with Gasteiger partial charge in [0, 0.05) is 48.0 Å². The van der Waals surface area contributed by atoms with Gasteiger partial charge in [-0.1, -0.05) is 74.2 Å². The number of fused-ring (bicyclic) bond motifs is 5. The molecule has 0 spiro atoms. The molecule has 247 valence electrons. The minimum absolute atomic E-state index is 0. The summed E-state index contributed by atoms with van der Waals surface area (Å²) in [6.07, 6.45) is 4.89. The monoisotopic (exact) mass is 835 g/mol. The molecule has 8 rings (SSSR count). The normalized spacial score (nSPS) is 11.4. The van der Waals surface area contributed by atoms with Crippen LogP contribution in [0.1, 0.15) is 43.0 Å². The zero-order valence-electron chi connectivity index (χ0n) is 28.6. The number of hydrogen-bond acceptors (Lipinski definition) is 4. The maximum Gasteiger partial charge on any atom is 0.129 e. The molecule has 0 aliphatic heterocycles. The first-order valence-corrected chi connectivity index (χ1v) is 17.2. The van der Waals surface area contributed by atoms with Crippen molar-refractivity contribution in [3.05, 3.63) is 143 Å². The van der Waals surface area contributed by atoms with Gasteiger partial charge in [0.25, 0.3) is 0 Å². The van der Waals surface area contributed by atoms with Crippen LogP contribution < -0.4 is 0 Å². The predicted octanol–water partition coefficient (Wildman–Crippen LogP) is 12.4. The van der Waals surface area contributed by atoms with Gasteiger partial charge in [0.2, 0.25) is 0 Å². The standard InChI is InChI=1S/C32H28NOS.C12H10N.Ir/c1-19-8-6-9-20(2)29(19)26-16-27(33-18-21(26)17-32(3,4)5)24-11-7-10-22-23-12-13-28-25(14-15-35-28)31(23)34-30(22)24;1-10-7-8-12(13-9-10)11-5-3-2-4-6-11;/h6-10,12-16,18H,17H2,1-5H3;2-5,7-9H,1H3;/q2*-1;. The third-order valence-electron chi connectivity index (χ3n) is 8.64. The van der Waals surface area contributed by atoms with Crippen molar-refractivity contribution in [2.24, 2.45) is 5.41 Å². The summed E-state index contributed by atoms with van der Waals surface area (Å²) in [4.78, 5) is 9.28. The smallest absolute Gasteiger partial charge is 0.129 e. The molecule has 0 aliphatic carbocycles. The van der Waals surface area contributed by atoms with Crippen LogP contribution in [0.25, 0.3) is 65.7 Å². The molecule has 5 heteroatoms. The Morgan fingerprint density at radius 3 is 2.20 bits per heavy atom. The Morgan fingerprint density at radius 1 is 0.714 bits per heavy atom. The summed E-state index contributed by atoms with van der Waals surface area (Å²) in [5.74, 6) is 0. The first-order valence-electron chi connectivity index (χ1n) is 16.3. The largest absolute Gasteiger partial charge is 0.500 e. The maximum atomic E-state index is 6.55. The number of nitrogens with zero attached hydrogens (tertiary/aromatic N) is 2. The van der Waals surface area contributed by atoms with E-state index in [0.717, 1.165) is 50.9 Å². The fraction of sp³-hybridized carbons (Fsp3) is 0.182. The van der Waals surface area contributed by atoms with Crippen LogP contribution in [-0.4, -0.2) is 9.97 Å². The van der Waals surface area contributed by atoms with Gasteiger partial charge >= 0.3 is 0 Å². The molecule has 0 aliphatic rings. The molecule has 0 unspecified atom stereocenters. The van der Waals surface area contributed by atoms with E-state index in [0.29, 0.717) is 0 Å². The summed E-state index contributed by atoms with van der Waals surface area (Å²) in [7, 11) is 0. The van der Waals surface area contributed by atoms with Crippen molar-refractivity contribution in [2.45, 2.75) is 48.0 Å². The molecule has 4 aromatic carbocycles. The van der Waals surface area contributed by atoms with Gasteiger partial charge in [0.15, 0.2) is 0 Å². The second-order valence-electron chi connectivity index (χ2n) is 13.7. The van der Waals surface area contributed by atoms with E-state index in [9.17, 15) is 0 Å². The number of pyridine rings is 2. The zero-order valence-corrected chi connectivity index (χ0v) is 31.9. The number of aryl methyl sites for hydroxylation is 3. The number of thiophene rings is 1. The van der Waals surface area contributed by atoms with Crippen LogP contribution in [0.15, 0.2) is 113 Å². The summed E-state index contributed by atoms with van der Waals surface area (Å²) in [5, 5.41) is 5.53. The molecule has 1 radical (unpaired) electrons. The molecular formula is C44H38IrN2OS-2. The average molecular weight is 835 g/mol. The molecule has 0 bridgehead atoms. The molecule has 3 nitrogen and oxygen atoms in total. The van der Waals surface area contributed by atoms with Gasteiger partial charge in [-0.15, -0.1) is 65.4 Å². The molecular weight excluding hydrogens is 797 g/mol. The van der Waals surface area contributed by atoms with Gasteiger partial charge in [-0.3, -0.25) is 0 Å². The SMILES string of the molecule is Cc1ccc(-c2[c-]cccc2)nc1.Cc1cccc(C)c1-c1cc(-c2[c-]ccc3c2oc2c4ccsc4ccc32)ncc1CC(C)(C)C.[Ir]. The van der Waals surface area contributed by atoms with E-state index in [1.165, 1.54) is 43.5 Å². The Labute approximate surface area is 306 Å². The topological polar surface area (TPSA) is 38.9 Å². The van der Waals surface area contributed by atoms with E-state index in [4.69, 9.17) is 9.40 Å². The first-order chi connectivity index (χ1) is 23.2. The van der Waals surface area contributed by atoms with Gasteiger partial charge in [0.05, 0.1) is 5.58 Å². The molecule has 0 saturated carbocycles. The van der Waals surface area contributed by atoms with Crippen molar-refractivity contribution in [3.8, 4) is 33.6 Å². The van der Waals surface area contributed by atoms with Crippen LogP contribution in [0.5, 0.6) is 0 Å². The Hall–Kier alpha value is -4.41. The molecule has 0 atom stereocenters. The number of hydrogen-bond donors (Lipinski definition) is 0. The van der Waals surface area contributed by atoms with Gasteiger partial charge in [-0.25, -0.2) is 0 Å². The summed E-state index contributed by atoms with van der Waals surface area (Å²) in [5.41, 5.74) is 13.3. The number of furan rings is 1. The van der Waals surface area contributed by atoms with E-state index < -0.39 is 0 Å². The van der Waals surface area contributed by atoms with Crippen LogP contribution >= 0.6 is 11.3 Å². The minimum atomic E-state index is 0. The van der Waals surface area contributed by atoms with Crippen molar-refractivity contribution in [2.75, 3.05) is 0 Å². The van der Waals surface area contributed by atoms with E-state index >= 15 is 0 Å². The number of benzene rings is 4. The van der Waals surface area contributed by atoms with E-state index in [2.05, 4.69) is 118 Å². The second-order valence-corrected chi connectivity index (χ2v) is 14.6. The summed E-state index contributed by atoms with van der Waals surface area (Å²) < 4.78 is 7.79. The predicted molar refractivity (Wildman–Crippen MR) is 202 cm³/mol. The summed E-state index contributed by atoms with van der Waals surface area (Å²) in [6, 6.07) is 37.9. The van der Waals surface area contributed by atoms with E-state index in [1.54, 1.807) is 11.3 Å². The average Bonchev–Trinajstić information content (AvgIpc) is 3.71. The third-order valence-corrected chi connectivity index (χ3v) is 9.52. The molecule has 4 heterocycles.